The molecule has 0 aliphatic carbocycles. The van der Waals surface area contributed by atoms with Gasteiger partial charge in [-0.1, -0.05) is 41.6 Å². The molecule has 2 heterocycles. The van der Waals surface area contributed by atoms with Crippen molar-refractivity contribution in [2.75, 3.05) is 0 Å². The zero-order chi connectivity index (χ0) is 18.8. The number of rotatable bonds is 4. The first-order valence-corrected chi connectivity index (χ1v) is 9.43. The molecule has 2 aromatic carbocycles. The van der Waals surface area contributed by atoms with E-state index in [9.17, 15) is 8.78 Å². The van der Waals surface area contributed by atoms with Crippen LogP contribution in [-0.2, 0) is 5.75 Å². The van der Waals surface area contributed by atoms with E-state index < -0.39 is 11.6 Å². The maximum absolute atomic E-state index is 14.6. The monoisotopic (exact) mass is 399 g/mol. The van der Waals surface area contributed by atoms with E-state index in [1.165, 1.54) is 11.8 Å². The smallest absolute Gasteiger partial charge is 0.134 e. The SMILES string of the molecule is Fc1ccc(F)c2c(-c3ccccn3)nnc(SCc3cccc(Cl)c3)c12. The zero-order valence-corrected chi connectivity index (χ0v) is 15.4. The maximum Gasteiger partial charge on any atom is 0.134 e. The molecule has 0 radical (unpaired) electrons. The van der Waals surface area contributed by atoms with E-state index in [1.807, 2.05) is 18.2 Å². The standard InChI is InChI=1S/C20H12ClF2N3S/c21-13-5-3-4-12(10-13)11-27-20-18-15(23)8-7-14(22)17(18)19(25-26-20)16-6-1-2-9-24-16/h1-10H,11H2. The molecule has 0 saturated carbocycles. The fourth-order valence-electron chi connectivity index (χ4n) is 2.75. The number of thioether (sulfide) groups is 1. The number of halogens is 3. The summed E-state index contributed by atoms with van der Waals surface area (Å²) in [5, 5.41) is 9.43. The van der Waals surface area contributed by atoms with Crippen LogP contribution < -0.4 is 0 Å². The van der Waals surface area contributed by atoms with Crippen LogP contribution >= 0.6 is 23.4 Å². The third kappa shape index (κ3) is 3.63. The topological polar surface area (TPSA) is 38.7 Å². The average Bonchev–Trinajstić information content (AvgIpc) is 2.69. The minimum absolute atomic E-state index is 0.0808. The molecule has 0 aliphatic rings. The fraction of sp³-hybridized carbons (Fsp3) is 0.0500. The number of benzene rings is 2. The van der Waals surface area contributed by atoms with Gasteiger partial charge in [0.05, 0.1) is 16.5 Å². The number of pyridine rings is 1. The first-order valence-electron chi connectivity index (χ1n) is 8.06. The highest BCUT2D eigenvalue weighted by molar-refractivity contribution is 7.98. The zero-order valence-electron chi connectivity index (χ0n) is 13.9. The van der Waals surface area contributed by atoms with Crippen molar-refractivity contribution in [1.29, 1.82) is 0 Å². The molecule has 0 N–H and O–H groups in total. The van der Waals surface area contributed by atoms with Gasteiger partial charge in [0.15, 0.2) is 0 Å². The lowest BCUT2D eigenvalue weighted by Crippen LogP contribution is -1.99. The summed E-state index contributed by atoms with van der Waals surface area (Å²) < 4.78 is 29.2. The van der Waals surface area contributed by atoms with Crippen molar-refractivity contribution >= 4 is 34.1 Å². The third-order valence-corrected chi connectivity index (χ3v) is 5.24. The van der Waals surface area contributed by atoms with Crippen LogP contribution in [0.1, 0.15) is 5.56 Å². The molecule has 0 unspecified atom stereocenters. The molecular weight excluding hydrogens is 388 g/mol. The quantitative estimate of drug-likeness (QED) is 0.399. The third-order valence-electron chi connectivity index (χ3n) is 3.97. The van der Waals surface area contributed by atoms with Gasteiger partial charge >= 0.3 is 0 Å². The molecular formula is C20H12ClF2N3S. The molecule has 4 rings (SSSR count). The van der Waals surface area contributed by atoms with Gasteiger partial charge in [0.2, 0.25) is 0 Å². The van der Waals surface area contributed by atoms with Gasteiger partial charge in [0, 0.05) is 17.0 Å². The van der Waals surface area contributed by atoms with E-state index in [0.717, 1.165) is 17.7 Å². The van der Waals surface area contributed by atoms with Crippen LogP contribution in [0.3, 0.4) is 0 Å². The van der Waals surface area contributed by atoms with Gasteiger partial charge < -0.3 is 0 Å². The van der Waals surface area contributed by atoms with Gasteiger partial charge in [0.1, 0.15) is 22.4 Å². The Labute approximate surface area is 163 Å². The minimum atomic E-state index is -0.563. The molecule has 27 heavy (non-hydrogen) atoms. The molecule has 0 atom stereocenters. The molecule has 134 valence electrons. The first kappa shape index (κ1) is 17.8. The van der Waals surface area contributed by atoms with Crippen LogP contribution in [0.25, 0.3) is 22.2 Å². The summed E-state index contributed by atoms with van der Waals surface area (Å²) in [6.07, 6.45) is 1.57. The Morgan fingerprint density at radius 1 is 0.889 bits per heavy atom. The summed E-state index contributed by atoms with van der Waals surface area (Å²) in [6, 6.07) is 14.7. The Kier molecular flexibility index (Phi) is 5.01. The molecule has 3 nitrogen and oxygen atoms in total. The van der Waals surface area contributed by atoms with Crippen LogP contribution in [0.2, 0.25) is 5.02 Å². The number of nitrogens with zero attached hydrogens (tertiary/aromatic N) is 3. The van der Waals surface area contributed by atoms with Gasteiger partial charge in [-0.3, -0.25) is 4.98 Å². The van der Waals surface area contributed by atoms with E-state index in [-0.39, 0.29) is 16.5 Å². The molecule has 0 spiro atoms. The van der Waals surface area contributed by atoms with Gasteiger partial charge in [0.25, 0.3) is 0 Å². The second kappa shape index (κ2) is 7.58. The van der Waals surface area contributed by atoms with Crippen molar-refractivity contribution < 1.29 is 8.78 Å². The summed E-state index contributed by atoms with van der Waals surface area (Å²) in [6.45, 7) is 0. The van der Waals surface area contributed by atoms with Crippen molar-refractivity contribution in [1.82, 2.24) is 15.2 Å². The summed E-state index contributed by atoms with van der Waals surface area (Å²) in [5.74, 6) is -0.609. The second-order valence-corrected chi connectivity index (χ2v) is 7.17. The van der Waals surface area contributed by atoms with Crippen LogP contribution in [0.4, 0.5) is 8.78 Å². The summed E-state index contributed by atoms with van der Waals surface area (Å²) in [7, 11) is 0. The van der Waals surface area contributed by atoms with Gasteiger partial charge in [-0.15, -0.1) is 10.2 Å². The number of hydrogen-bond donors (Lipinski definition) is 0. The lowest BCUT2D eigenvalue weighted by Gasteiger charge is -2.10. The predicted molar refractivity (Wildman–Crippen MR) is 104 cm³/mol. The van der Waals surface area contributed by atoms with Crippen LogP contribution in [-0.4, -0.2) is 15.2 Å². The number of aromatic nitrogens is 3. The van der Waals surface area contributed by atoms with Crippen molar-refractivity contribution in [3.8, 4) is 11.4 Å². The highest BCUT2D eigenvalue weighted by Crippen LogP contribution is 2.35. The molecule has 2 aromatic heterocycles. The normalized spacial score (nSPS) is 11.1. The minimum Gasteiger partial charge on any atom is -0.255 e. The lowest BCUT2D eigenvalue weighted by molar-refractivity contribution is 0.614. The van der Waals surface area contributed by atoms with E-state index in [4.69, 9.17) is 11.6 Å². The van der Waals surface area contributed by atoms with Crippen LogP contribution in [0, 0.1) is 11.6 Å². The second-order valence-electron chi connectivity index (χ2n) is 5.77. The predicted octanol–water partition coefficient (Wildman–Crippen LogP) is 5.92. The Hall–Kier alpha value is -2.57. The lowest BCUT2D eigenvalue weighted by atomic mass is 10.1. The van der Waals surface area contributed by atoms with Crippen LogP contribution in [0.5, 0.6) is 0 Å². The summed E-state index contributed by atoms with van der Waals surface area (Å²) in [4.78, 5) is 4.19. The molecule has 4 aromatic rings. The summed E-state index contributed by atoms with van der Waals surface area (Å²) >= 11 is 7.28. The Morgan fingerprint density at radius 3 is 2.44 bits per heavy atom. The molecule has 0 saturated heterocycles. The first-order chi connectivity index (χ1) is 13.1. The van der Waals surface area contributed by atoms with E-state index >= 15 is 0 Å². The largest absolute Gasteiger partial charge is 0.255 e. The maximum atomic E-state index is 14.6. The molecule has 7 heteroatoms. The number of fused-ring (bicyclic) bond motifs is 1. The van der Waals surface area contributed by atoms with Crippen molar-refractivity contribution in [3.63, 3.8) is 0 Å². The summed E-state index contributed by atoms with van der Waals surface area (Å²) in [5.41, 5.74) is 1.61. The van der Waals surface area contributed by atoms with Crippen molar-refractivity contribution in [2.24, 2.45) is 0 Å². The van der Waals surface area contributed by atoms with E-state index in [2.05, 4.69) is 15.2 Å². The highest BCUT2D eigenvalue weighted by Gasteiger charge is 2.19. The Morgan fingerprint density at radius 2 is 1.70 bits per heavy atom. The van der Waals surface area contributed by atoms with E-state index in [1.54, 1.807) is 30.5 Å². The molecule has 0 amide bonds. The van der Waals surface area contributed by atoms with Gasteiger partial charge in [-0.25, -0.2) is 8.78 Å². The Bertz CT molecular complexity index is 1120. The highest BCUT2D eigenvalue weighted by atomic mass is 35.5. The fourth-order valence-corrected chi connectivity index (χ4v) is 3.89. The molecule has 0 aliphatic heterocycles. The molecule has 0 fully saturated rings. The molecule has 0 bridgehead atoms. The average molecular weight is 400 g/mol. The van der Waals surface area contributed by atoms with Crippen molar-refractivity contribution in [3.05, 3.63) is 83.0 Å². The van der Waals surface area contributed by atoms with Crippen LogP contribution in [0.15, 0.2) is 65.8 Å². The van der Waals surface area contributed by atoms with Gasteiger partial charge in [-0.05, 0) is 42.0 Å². The van der Waals surface area contributed by atoms with E-state index in [0.29, 0.717) is 21.5 Å². The van der Waals surface area contributed by atoms with Crippen molar-refractivity contribution in [2.45, 2.75) is 10.8 Å². The van der Waals surface area contributed by atoms with Gasteiger partial charge in [-0.2, -0.15) is 0 Å². The number of hydrogen-bond acceptors (Lipinski definition) is 4. The Balaban J connectivity index is 1.82.